The van der Waals surface area contributed by atoms with Gasteiger partial charge in [-0.1, -0.05) is 35.9 Å². The number of carbonyl (C=O) groups excluding carboxylic acids is 2. The number of carboxylic acid groups (broad SMARTS) is 1. The Balaban J connectivity index is 1.58. The SMILES string of the molecule is O=C(NCCc1cccc(Cl)c1)[C@@H]1[C@@H](C(=O)[O-])[C@H]2C=C[C@@H]1O2. The van der Waals surface area contributed by atoms with E-state index in [-0.39, 0.29) is 5.91 Å². The maximum atomic E-state index is 12.3. The van der Waals surface area contributed by atoms with E-state index in [4.69, 9.17) is 16.3 Å². The molecule has 0 spiro atoms. The maximum Gasteiger partial charge on any atom is 0.226 e. The summed E-state index contributed by atoms with van der Waals surface area (Å²) in [5.41, 5.74) is 1.01. The van der Waals surface area contributed by atoms with E-state index in [1.807, 2.05) is 18.2 Å². The molecule has 0 aromatic heterocycles. The molecule has 5 nitrogen and oxygen atoms in total. The zero-order valence-electron chi connectivity index (χ0n) is 11.7. The highest BCUT2D eigenvalue weighted by atomic mass is 35.5. The molecule has 0 aliphatic carbocycles. The van der Waals surface area contributed by atoms with E-state index in [9.17, 15) is 14.7 Å². The summed E-state index contributed by atoms with van der Waals surface area (Å²) in [5, 5.41) is 14.6. The molecule has 1 aromatic carbocycles. The van der Waals surface area contributed by atoms with Gasteiger partial charge in [-0.15, -0.1) is 0 Å². The summed E-state index contributed by atoms with van der Waals surface area (Å²) in [6, 6.07) is 7.39. The Labute approximate surface area is 132 Å². The molecule has 1 fully saturated rings. The smallest absolute Gasteiger partial charge is 0.226 e. The Hall–Kier alpha value is -1.85. The lowest BCUT2D eigenvalue weighted by Crippen LogP contribution is -2.47. The van der Waals surface area contributed by atoms with Gasteiger partial charge in [0.2, 0.25) is 5.91 Å². The van der Waals surface area contributed by atoms with Crippen molar-refractivity contribution in [1.29, 1.82) is 0 Å². The highest BCUT2D eigenvalue weighted by Crippen LogP contribution is 2.38. The van der Waals surface area contributed by atoms with Crippen molar-refractivity contribution >= 4 is 23.5 Å². The number of amides is 1. The predicted octanol–water partition coefficient (Wildman–Crippen LogP) is 0.318. The zero-order valence-corrected chi connectivity index (χ0v) is 12.5. The highest BCUT2D eigenvalue weighted by Gasteiger charge is 2.50. The largest absolute Gasteiger partial charge is 0.550 e. The van der Waals surface area contributed by atoms with Crippen molar-refractivity contribution in [2.45, 2.75) is 18.6 Å². The lowest BCUT2D eigenvalue weighted by molar-refractivity contribution is -0.313. The van der Waals surface area contributed by atoms with Crippen LogP contribution in [0.4, 0.5) is 0 Å². The van der Waals surface area contributed by atoms with Crippen LogP contribution in [0, 0.1) is 11.8 Å². The van der Waals surface area contributed by atoms with Crippen LogP contribution in [-0.2, 0) is 20.7 Å². The standard InChI is InChI=1S/C16H16ClNO4/c17-10-3-1-2-9(8-10)6-7-18-15(19)13-11-4-5-12(22-11)14(13)16(20)21/h1-5,8,11-14H,6-7H2,(H,18,19)(H,20,21)/p-1/t11-,12+,13-,14-/m0/s1. The fourth-order valence-corrected chi connectivity index (χ4v) is 3.25. The van der Waals surface area contributed by atoms with E-state index in [1.54, 1.807) is 18.2 Å². The molecule has 0 saturated carbocycles. The number of halogens is 1. The lowest BCUT2D eigenvalue weighted by Gasteiger charge is -2.24. The molecular weight excluding hydrogens is 306 g/mol. The van der Waals surface area contributed by atoms with Crippen molar-refractivity contribution in [3.05, 3.63) is 47.0 Å². The number of carbonyl (C=O) groups is 2. The first kappa shape index (κ1) is 15.1. The van der Waals surface area contributed by atoms with Gasteiger partial charge < -0.3 is 20.0 Å². The fraction of sp³-hybridized carbons (Fsp3) is 0.375. The van der Waals surface area contributed by atoms with Crippen LogP contribution in [-0.4, -0.2) is 30.6 Å². The molecule has 3 rings (SSSR count). The Morgan fingerprint density at radius 3 is 2.64 bits per heavy atom. The third-order valence-electron chi connectivity index (χ3n) is 4.08. The number of carboxylic acids is 1. The van der Waals surface area contributed by atoms with E-state index >= 15 is 0 Å². The van der Waals surface area contributed by atoms with Crippen LogP contribution in [0.2, 0.25) is 5.02 Å². The highest BCUT2D eigenvalue weighted by molar-refractivity contribution is 6.30. The summed E-state index contributed by atoms with van der Waals surface area (Å²) in [5.74, 6) is -3.19. The molecule has 1 N–H and O–H groups in total. The number of fused-ring (bicyclic) bond motifs is 2. The first-order valence-corrected chi connectivity index (χ1v) is 7.51. The van der Waals surface area contributed by atoms with Gasteiger partial charge in [0.15, 0.2) is 0 Å². The van der Waals surface area contributed by atoms with Crippen molar-refractivity contribution in [1.82, 2.24) is 5.32 Å². The first-order chi connectivity index (χ1) is 10.6. The number of hydrogen-bond donors (Lipinski definition) is 1. The molecule has 0 unspecified atom stereocenters. The van der Waals surface area contributed by atoms with E-state index in [1.165, 1.54) is 0 Å². The molecule has 6 heteroatoms. The summed E-state index contributed by atoms with van der Waals surface area (Å²) in [6.45, 7) is 0.413. The van der Waals surface area contributed by atoms with Crippen LogP contribution >= 0.6 is 11.6 Å². The Bertz CT molecular complexity index is 630. The molecule has 2 heterocycles. The molecule has 116 valence electrons. The topological polar surface area (TPSA) is 78.5 Å². The van der Waals surface area contributed by atoms with E-state index < -0.39 is 30.0 Å². The van der Waals surface area contributed by atoms with Gasteiger partial charge in [-0.25, -0.2) is 0 Å². The van der Waals surface area contributed by atoms with Crippen LogP contribution in [0.15, 0.2) is 36.4 Å². The van der Waals surface area contributed by atoms with Gasteiger partial charge in [0, 0.05) is 23.5 Å². The van der Waals surface area contributed by atoms with E-state index in [0.29, 0.717) is 18.0 Å². The van der Waals surface area contributed by atoms with Crippen LogP contribution in [0.3, 0.4) is 0 Å². The second-order valence-electron chi connectivity index (χ2n) is 5.49. The lowest BCUT2D eigenvalue weighted by atomic mass is 9.82. The summed E-state index contributed by atoms with van der Waals surface area (Å²) >= 11 is 5.90. The Morgan fingerprint density at radius 1 is 1.23 bits per heavy atom. The van der Waals surface area contributed by atoms with Crippen LogP contribution in [0.5, 0.6) is 0 Å². The summed E-state index contributed by atoms with van der Waals surface area (Å²) < 4.78 is 5.45. The quantitative estimate of drug-likeness (QED) is 0.792. The molecule has 1 saturated heterocycles. The van der Waals surface area contributed by atoms with Crippen LogP contribution < -0.4 is 10.4 Å². The molecule has 2 bridgehead atoms. The summed E-state index contributed by atoms with van der Waals surface area (Å²) in [4.78, 5) is 23.5. The van der Waals surface area contributed by atoms with Gasteiger partial charge in [0.25, 0.3) is 0 Å². The third-order valence-corrected chi connectivity index (χ3v) is 4.31. The number of ether oxygens (including phenoxy) is 1. The maximum absolute atomic E-state index is 12.3. The van der Waals surface area contributed by atoms with Crippen molar-refractivity contribution in [3.63, 3.8) is 0 Å². The summed E-state index contributed by atoms with van der Waals surface area (Å²) in [6.07, 6.45) is 3.02. The van der Waals surface area contributed by atoms with Gasteiger partial charge in [-0.2, -0.15) is 0 Å². The number of hydrogen-bond acceptors (Lipinski definition) is 4. The summed E-state index contributed by atoms with van der Waals surface area (Å²) in [7, 11) is 0. The van der Waals surface area contributed by atoms with E-state index in [2.05, 4.69) is 5.32 Å². The van der Waals surface area contributed by atoms with Gasteiger partial charge in [0.1, 0.15) is 0 Å². The van der Waals surface area contributed by atoms with Gasteiger partial charge in [-0.05, 0) is 24.1 Å². The minimum atomic E-state index is -1.24. The second-order valence-corrected chi connectivity index (χ2v) is 5.93. The number of aliphatic carboxylic acids is 1. The normalized spacial score (nSPS) is 28.8. The molecule has 1 amide bonds. The molecule has 1 aromatic rings. The number of benzene rings is 1. The average molecular weight is 321 g/mol. The molecule has 22 heavy (non-hydrogen) atoms. The Morgan fingerprint density at radius 2 is 1.95 bits per heavy atom. The molecule has 2 aliphatic heterocycles. The van der Waals surface area contributed by atoms with Crippen LogP contribution in [0.1, 0.15) is 5.56 Å². The number of rotatable bonds is 5. The van der Waals surface area contributed by atoms with Crippen molar-refractivity contribution in [2.24, 2.45) is 11.8 Å². The van der Waals surface area contributed by atoms with E-state index in [0.717, 1.165) is 5.56 Å². The minimum Gasteiger partial charge on any atom is -0.550 e. The minimum absolute atomic E-state index is 0.312. The Kier molecular flexibility index (Phi) is 4.18. The molecule has 4 atom stereocenters. The molecule has 2 aliphatic rings. The predicted molar refractivity (Wildman–Crippen MR) is 78.0 cm³/mol. The molecule has 0 radical (unpaired) electrons. The van der Waals surface area contributed by atoms with Gasteiger partial charge in [0.05, 0.1) is 18.1 Å². The number of nitrogens with one attached hydrogen (secondary N) is 1. The average Bonchev–Trinajstić information content (AvgIpc) is 3.07. The van der Waals surface area contributed by atoms with Crippen LogP contribution in [0.25, 0.3) is 0 Å². The fourth-order valence-electron chi connectivity index (χ4n) is 3.04. The van der Waals surface area contributed by atoms with Crippen molar-refractivity contribution in [2.75, 3.05) is 6.54 Å². The third kappa shape index (κ3) is 2.87. The zero-order chi connectivity index (χ0) is 15.7. The van der Waals surface area contributed by atoms with Crippen molar-refractivity contribution < 1.29 is 19.4 Å². The van der Waals surface area contributed by atoms with Gasteiger partial charge >= 0.3 is 0 Å². The molecular formula is C16H15ClNO4-. The monoisotopic (exact) mass is 320 g/mol. The van der Waals surface area contributed by atoms with Crippen molar-refractivity contribution in [3.8, 4) is 0 Å². The van der Waals surface area contributed by atoms with Gasteiger partial charge in [-0.3, -0.25) is 4.79 Å². The second kappa shape index (κ2) is 6.10. The first-order valence-electron chi connectivity index (χ1n) is 7.13.